The first-order valence-electron chi connectivity index (χ1n) is 5.12. The van der Waals surface area contributed by atoms with Crippen LogP contribution in [0.25, 0.3) is 0 Å². The number of rotatable bonds is 2. The van der Waals surface area contributed by atoms with Gasteiger partial charge in [-0.1, -0.05) is 0 Å². The van der Waals surface area contributed by atoms with Gasteiger partial charge in [-0.2, -0.15) is 0 Å². The van der Waals surface area contributed by atoms with E-state index in [2.05, 4.69) is 11.9 Å². The van der Waals surface area contributed by atoms with Gasteiger partial charge in [0.25, 0.3) is 0 Å². The highest BCUT2D eigenvalue weighted by molar-refractivity contribution is 5.56. The Bertz CT molecular complexity index is 203. The number of aldehydes is 1. The van der Waals surface area contributed by atoms with Gasteiger partial charge in [-0.05, 0) is 31.7 Å². The molecule has 0 aromatic carbocycles. The Labute approximate surface area is 79.3 Å². The summed E-state index contributed by atoms with van der Waals surface area (Å²) in [6.45, 7) is 1.92. The summed E-state index contributed by atoms with van der Waals surface area (Å²) in [5.41, 5.74) is 5.96. The lowest BCUT2D eigenvalue weighted by Crippen LogP contribution is -2.53. The average Bonchev–Trinajstić information content (AvgIpc) is 2.85. The Morgan fingerprint density at radius 1 is 1.38 bits per heavy atom. The van der Waals surface area contributed by atoms with Crippen LogP contribution >= 0.6 is 0 Å². The molecule has 1 aliphatic heterocycles. The molecule has 2 N–H and O–H groups in total. The summed E-state index contributed by atoms with van der Waals surface area (Å²) in [6.07, 6.45) is 3.69. The number of hydrogen-bond acceptors (Lipinski definition) is 3. The zero-order chi connectivity index (χ0) is 9.42. The highest BCUT2D eigenvalue weighted by Crippen LogP contribution is 2.42. The third-order valence-corrected chi connectivity index (χ3v) is 3.42. The minimum absolute atomic E-state index is 0.0573. The van der Waals surface area contributed by atoms with Crippen LogP contribution in [0.15, 0.2) is 0 Å². The Morgan fingerprint density at radius 2 is 2.08 bits per heavy atom. The van der Waals surface area contributed by atoms with E-state index in [1.54, 1.807) is 0 Å². The molecule has 2 rings (SSSR count). The van der Waals surface area contributed by atoms with Gasteiger partial charge in [0, 0.05) is 25.0 Å². The molecular weight excluding hydrogens is 164 g/mol. The van der Waals surface area contributed by atoms with Gasteiger partial charge >= 0.3 is 0 Å². The molecule has 3 nitrogen and oxygen atoms in total. The summed E-state index contributed by atoms with van der Waals surface area (Å²) >= 11 is 0. The number of nitrogens with two attached hydrogens (primary N) is 1. The molecule has 0 amide bonds. The fourth-order valence-corrected chi connectivity index (χ4v) is 2.54. The van der Waals surface area contributed by atoms with Gasteiger partial charge in [0.15, 0.2) is 0 Å². The predicted octanol–water partition coefficient (Wildman–Crippen LogP) is 0.100. The first kappa shape index (κ1) is 9.16. The Morgan fingerprint density at radius 3 is 2.62 bits per heavy atom. The van der Waals surface area contributed by atoms with Crippen molar-refractivity contribution >= 4 is 6.29 Å². The molecule has 0 aromatic rings. The van der Waals surface area contributed by atoms with Crippen molar-refractivity contribution in [1.29, 1.82) is 0 Å². The van der Waals surface area contributed by atoms with Crippen molar-refractivity contribution in [2.75, 3.05) is 20.1 Å². The molecule has 13 heavy (non-hydrogen) atoms. The van der Waals surface area contributed by atoms with Crippen molar-refractivity contribution in [3.05, 3.63) is 0 Å². The van der Waals surface area contributed by atoms with Crippen LogP contribution in [0.4, 0.5) is 0 Å². The number of carbonyl (C=O) groups excluding carboxylic acids is 1. The average molecular weight is 182 g/mol. The molecule has 0 spiro atoms. The van der Waals surface area contributed by atoms with Gasteiger partial charge in [0.2, 0.25) is 0 Å². The summed E-state index contributed by atoms with van der Waals surface area (Å²) < 4.78 is 0. The van der Waals surface area contributed by atoms with E-state index in [1.165, 1.54) is 12.8 Å². The zero-order valence-electron chi connectivity index (χ0n) is 8.15. The Balaban J connectivity index is 2.06. The summed E-state index contributed by atoms with van der Waals surface area (Å²) in [6, 6.07) is 0.0573. The van der Waals surface area contributed by atoms with Gasteiger partial charge in [0.1, 0.15) is 6.29 Å². The summed E-state index contributed by atoms with van der Waals surface area (Å²) in [7, 11) is 2.09. The molecule has 0 bridgehead atoms. The smallest absolute Gasteiger partial charge is 0.125 e. The lowest BCUT2D eigenvalue weighted by Gasteiger charge is -2.38. The summed E-state index contributed by atoms with van der Waals surface area (Å²) in [4.78, 5) is 13.2. The van der Waals surface area contributed by atoms with Gasteiger partial charge in [0.05, 0.1) is 0 Å². The quantitative estimate of drug-likeness (QED) is 0.616. The van der Waals surface area contributed by atoms with E-state index in [0.717, 1.165) is 25.3 Å². The van der Waals surface area contributed by atoms with Crippen LogP contribution in [0, 0.1) is 17.8 Å². The molecule has 1 saturated heterocycles. The van der Waals surface area contributed by atoms with E-state index in [9.17, 15) is 4.79 Å². The second kappa shape index (κ2) is 3.39. The van der Waals surface area contributed by atoms with Crippen molar-refractivity contribution in [1.82, 2.24) is 4.90 Å². The molecule has 1 aliphatic carbocycles. The maximum absolute atomic E-state index is 10.9. The number of piperidine rings is 1. The van der Waals surface area contributed by atoms with Crippen LogP contribution in [-0.4, -0.2) is 37.4 Å². The Kier molecular flexibility index (Phi) is 2.39. The zero-order valence-corrected chi connectivity index (χ0v) is 8.15. The van der Waals surface area contributed by atoms with Crippen LogP contribution in [0.1, 0.15) is 12.8 Å². The topological polar surface area (TPSA) is 46.3 Å². The molecule has 2 aliphatic rings. The molecular formula is C10H18N2O. The van der Waals surface area contributed by atoms with Crippen LogP contribution in [0.2, 0.25) is 0 Å². The highest BCUT2D eigenvalue weighted by atomic mass is 16.1. The number of hydrogen-bond donors (Lipinski definition) is 1. The van der Waals surface area contributed by atoms with Crippen LogP contribution in [0.3, 0.4) is 0 Å². The monoisotopic (exact) mass is 182 g/mol. The highest BCUT2D eigenvalue weighted by Gasteiger charge is 2.42. The van der Waals surface area contributed by atoms with E-state index >= 15 is 0 Å². The fourth-order valence-electron chi connectivity index (χ4n) is 2.54. The van der Waals surface area contributed by atoms with Crippen LogP contribution < -0.4 is 5.73 Å². The number of likely N-dealkylation sites (tertiary alicyclic amines) is 1. The molecule has 0 aromatic heterocycles. The van der Waals surface area contributed by atoms with E-state index in [4.69, 9.17) is 5.73 Å². The largest absolute Gasteiger partial charge is 0.326 e. The van der Waals surface area contributed by atoms with Gasteiger partial charge in [-0.15, -0.1) is 0 Å². The van der Waals surface area contributed by atoms with E-state index < -0.39 is 0 Å². The minimum atomic E-state index is 0.0573. The normalized spacial score (nSPS) is 41.8. The maximum atomic E-state index is 10.9. The van der Waals surface area contributed by atoms with Crippen molar-refractivity contribution in [2.24, 2.45) is 23.5 Å². The lowest BCUT2D eigenvalue weighted by molar-refractivity contribution is -0.115. The summed E-state index contributed by atoms with van der Waals surface area (Å²) in [5, 5.41) is 0. The SMILES string of the molecule is CN1CC(N)C(C=O)C(C2CC2)C1. The first-order chi connectivity index (χ1) is 6.22. The van der Waals surface area contributed by atoms with Gasteiger partial charge in [-0.25, -0.2) is 0 Å². The van der Waals surface area contributed by atoms with Crippen molar-refractivity contribution in [3.8, 4) is 0 Å². The van der Waals surface area contributed by atoms with E-state index in [0.29, 0.717) is 5.92 Å². The number of carbonyl (C=O) groups is 1. The molecule has 2 fully saturated rings. The third kappa shape index (κ3) is 1.76. The molecule has 3 unspecified atom stereocenters. The van der Waals surface area contributed by atoms with E-state index in [-0.39, 0.29) is 12.0 Å². The second-order valence-electron chi connectivity index (χ2n) is 4.60. The van der Waals surface area contributed by atoms with Gasteiger partial charge in [-0.3, -0.25) is 0 Å². The molecule has 0 radical (unpaired) electrons. The fraction of sp³-hybridized carbons (Fsp3) is 0.900. The molecule has 1 saturated carbocycles. The maximum Gasteiger partial charge on any atom is 0.125 e. The van der Waals surface area contributed by atoms with E-state index in [1.807, 2.05) is 0 Å². The first-order valence-corrected chi connectivity index (χ1v) is 5.12. The predicted molar refractivity (Wildman–Crippen MR) is 51.2 cm³/mol. The van der Waals surface area contributed by atoms with Crippen molar-refractivity contribution in [3.63, 3.8) is 0 Å². The van der Waals surface area contributed by atoms with Crippen molar-refractivity contribution < 1.29 is 4.79 Å². The van der Waals surface area contributed by atoms with Crippen molar-refractivity contribution in [2.45, 2.75) is 18.9 Å². The standard InChI is InChI=1S/C10H18N2O/c1-12-4-8(7-2-3-7)9(6-13)10(11)5-12/h6-10H,2-5,11H2,1H3. The second-order valence-corrected chi connectivity index (χ2v) is 4.60. The minimum Gasteiger partial charge on any atom is -0.326 e. The molecule has 3 atom stereocenters. The Hall–Kier alpha value is -0.410. The molecule has 1 heterocycles. The molecule has 74 valence electrons. The number of nitrogens with zero attached hydrogens (tertiary/aromatic N) is 1. The van der Waals surface area contributed by atoms with Crippen LogP contribution in [0.5, 0.6) is 0 Å². The lowest BCUT2D eigenvalue weighted by atomic mass is 9.80. The third-order valence-electron chi connectivity index (χ3n) is 3.42. The van der Waals surface area contributed by atoms with Gasteiger partial charge < -0.3 is 15.4 Å². The molecule has 3 heteroatoms. The summed E-state index contributed by atoms with van der Waals surface area (Å²) in [5.74, 6) is 1.43. The van der Waals surface area contributed by atoms with Crippen LogP contribution in [-0.2, 0) is 4.79 Å². The number of likely N-dealkylation sites (N-methyl/N-ethyl adjacent to an activating group) is 1.